The lowest BCUT2D eigenvalue weighted by Crippen LogP contribution is -2.39. The molecule has 0 fully saturated rings. The first kappa shape index (κ1) is 10.0. The number of carbonyl (C=O) groups is 1. The molecule has 1 aliphatic rings. The van der Waals surface area contributed by atoms with Crippen LogP contribution in [-0.4, -0.2) is 19.0 Å². The molecule has 2 rings (SSSR count). The highest BCUT2D eigenvalue weighted by molar-refractivity contribution is 6.01. The monoisotopic (exact) mass is 204 g/mol. The van der Waals surface area contributed by atoms with Crippen LogP contribution >= 0.6 is 0 Å². The number of nitrogens with zero attached hydrogens (tertiary/aromatic N) is 1. The first-order valence-corrected chi connectivity index (χ1v) is 5.36. The van der Waals surface area contributed by atoms with Crippen molar-refractivity contribution in [1.82, 2.24) is 0 Å². The van der Waals surface area contributed by atoms with E-state index in [4.69, 9.17) is 0 Å². The fraction of sp³-hybridized carbons (Fsp3) is 0.417. The summed E-state index contributed by atoms with van der Waals surface area (Å²) in [6, 6.07) is 6.02. The molecule has 0 aliphatic carbocycles. The number of carbonyl (C=O) groups excluding carboxylic acids is 1. The molecule has 0 saturated heterocycles. The van der Waals surface area contributed by atoms with Crippen molar-refractivity contribution in [3.8, 4) is 0 Å². The van der Waals surface area contributed by atoms with Gasteiger partial charge in [-0.25, -0.2) is 0 Å². The number of hydrogen-bond donors (Lipinski definition) is 1. The summed E-state index contributed by atoms with van der Waals surface area (Å²) in [5, 5.41) is 2.91. The highest BCUT2D eigenvalue weighted by atomic mass is 16.2. The molecule has 1 aromatic rings. The largest absolute Gasteiger partial charge is 0.360 e. The molecular weight excluding hydrogens is 188 g/mol. The first-order chi connectivity index (χ1) is 7.22. The number of nitrogens with one attached hydrogen (secondary N) is 1. The zero-order valence-corrected chi connectivity index (χ0v) is 9.21. The van der Waals surface area contributed by atoms with Gasteiger partial charge in [0.1, 0.15) is 0 Å². The van der Waals surface area contributed by atoms with E-state index in [0.29, 0.717) is 6.54 Å². The fourth-order valence-corrected chi connectivity index (χ4v) is 2.08. The average molecular weight is 204 g/mol. The van der Waals surface area contributed by atoms with E-state index in [0.717, 1.165) is 18.7 Å². The Kier molecular flexibility index (Phi) is 2.62. The van der Waals surface area contributed by atoms with Gasteiger partial charge < -0.3 is 10.2 Å². The molecule has 0 unspecified atom stereocenters. The van der Waals surface area contributed by atoms with E-state index >= 15 is 0 Å². The lowest BCUT2D eigenvalue weighted by molar-refractivity contribution is -0.115. The zero-order valence-electron chi connectivity index (χ0n) is 9.21. The van der Waals surface area contributed by atoms with Gasteiger partial charge in [0.05, 0.1) is 17.9 Å². The molecule has 1 aromatic carbocycles. The van der Waals surface area contributed by atoms with E-state index < -0.39 is 0 Å². The Morgan fingerprint density at radius 2 is 2.27 bits per heavy atom. The van der Waals surface area contributed by atoms with Crippen molar-refractivity contribution in [2.24, 2.45) is 0 Å². The molecule has 0 atom stereocenters. The van der Waals surface area contributed by atoms with Gasteiger partial charge in [-0.2, -0.15) is 0 Å². The van der Waals surface area contributed by atoms with Gasteiger partial charge in [0.2, 0.25) is 5.91 Å². The molecule has 1 heterocycles. The van der Waals surface area contributed by atoms with Crippen LogP contribution in [0.2, 0.25) is 0 Å². The maximum absolute atomic E-state index is 11.5. The van der Waals surface area contributed by atoms with E-state index in [1.165, 1.54) is 11.3 Å². The van der Waals surface area contributed by atoms with Crippen LogP contribution in [0.5, 0.6) is 0 Å². The fourth-order valence-electron chi connectivity index (χ4n) is 2.08. The van der Waals surface area contributed by atoms with E-state index in [2.05, 4.69) is 30.1 Å². The number of benzene rings is 1. The second-order valence-corrected chi connectivity index (χ2v) is 3.94. The molecule has 0 bridgehead atoms. The van der Waals surface area contributed by atoms with Crippen molar-refractivity contribution in [3.05, 3.63) is 23.8 Å². The van der Waals surface area contributed by atoms with Crippen LogP contribution in [0.25, 0.3) is 0 Å². The molecule has 1 aliphatic heterocycles. The van der Waals surface area contributed by atoms with E-state index in [1.54, 1.807) is 0 Å². The number of hydrogen-bond acceptors (Lipinski definition) is 2. The molecule has 3 heteroatoms. The smallest absolute Gasteiger partial charge is 0.243 e. The van der Waals surface area contributed by atoms with Gasteiger partial charge in [-0.05, 0) is 25.0 Å². The molecule has 1 amide bonds. The highest BCUT2D eigenvalue weighted by Crippen LogP contribution is 2.32. The molecule has 15 heavy (non-hydrogen) atoms. The summed E-state index contributed by atoms with van der Waals surface area (Å²) in [6.07, 6.45) is 1.06. The number of amides is 1. The summed E-state index contributed by atoms with van der Waals surface area (Å²) in [7, 11) is 0. The highest BCUT2D eigenvalue weighted by Gasteiger charge is 2.22. The van der Waals surface area contributed by atoms with Crippen molar-refractivity contribution in [3.63, 3.8) is 0 Å². The minimum Gasteiger partial charge on any atom is -0.360 e. The molecular formula is C12H16N2O. The lowest BCUT2D eigenvalue weighted by atomic mass is 10.1. The second-order valence-electron chi connectivity index (χ2n) is 3.94. The Labute approximate surface area is 90.1 Å². The third kappa shape index (κ3) is 1.82. The molecule has 0 spiro atoms. The van der Waals surface area contributed by atoms with Crippen LogP contribution in [0.3, 0.4) is 0 Å². The summed E-state index contributed by atoms with van der Waals surface area (Å²) in [6.45, 7) is 5.63. The van der Waals surface area contributed by atoms with Crippen molar-refractivity contribution < 1.29 is 4.79 Å². The van der Waals surface area contributed by atoms with Gasteiger partial charge in [0, 0.05) is 6.54 Å². The van der Waals surface area contributed by atoms with Gasteiger partial charge in [-0.15, -0.1) is 0 Å². The Morgan fingerprint density at radius 3 is 3.00 bits per heavy atom. The van der Waals surface area contributed by atoms with E-state index in [9.17, 15) is 4.79 Å². The Morgan fingerprint density at radius 1 is 1.47 bits per heavy atom. The number of anilines is 2. The Bertz CT molecular complexity index is 387. The van der Waals surface area contributed by atoms with E-state index in [1.807, 2.05) is 12.1 Å². The third-order valence-corrected chi connectivity index (χ3v) is 2.66. The summed E-state index contributed by atoms with van der Waals surface area (Å²) < 4.78 is 0. The quantitative estimate of drug-likeness (QED) is 0.800. The minimum atomic E-state index is 0.0848. The molecule has 3 nitrogen and oxygen atoms in total. The third-order valence-electron chi connectivity index (χ3n) is 2.66. The van der Waals surface area contributed by atoms with E-state index in [-0.39, 0.29) is 5.91 Å². The number of aryl methyl sites for hydroxylation is 1. The molecule has 0 radical (unpaired) electrons. The molecule has 1 N–H and O–H groups in total. The van der Waals surface area contributed by atoms with Crippen molar-refractivity contribution in [2.45, 2.75) is 20.3 Å². The summed E-state index contributed by atoms with van der Waals surface area (Å²) >= 11 is 0. The lowest BCUT2D eigenvalue weighted by Gasteiger charge is -2.32. The summed E-state index contributed by atoms with van der Waals surface area (Å²) in [5.41, 5.74) is 3.35. The predicted octanol–water partition coefficient (Wildman–Crippen LogP) is 2.16. The molecule has 0 saturated carbocycles. The molecule has 0 aromatic heterocycles. The SMILES string of the molecule is CCCN1CC(=O)Nc2cccc(C)c21. The van der Waals surface area contributed by atoms with Crippen LogP contribution in [-0.2, 0) is 4.79 Å². The van der Waals surface area contributed by atoms with Gasteiger partial charge in [-0.1, -0.05) is 19.1 Å². The van der Waals surface area contributed by atoms with Crippen LogP contribution in [0, 0.1) is 6.92 Å². The van der Waals surface area contributed by atoms with Crippen molar-refractivity contribution in [2.75, 3.05) is 23.3 Å². The second kappa shape index (κ2) is 3.93. The van der Waals surface area contributed by atoms with Crippen LogP contribution in [0.15, 0.2) is 18.2 Å². The molecule has 80 valence electrons. The minimum absolute atomic E-state index is 0.0848. The van der Waals surface area contributed by atoms with Gasteiger partial charge in [0.25, 0.3) is 0 Å². The zero-order chi connectivity index (χ0) is 10.8. The van der Waals surface area contributed by atoms with Gasteiger partial charge in [0.15, 0.2) is 0 Å². The average Bonchev–Trinajstić information content (AvgIpc) is 2.17. The summed E-state index contributed by atoms with van der Waals surface area (Å²) in [5.74, 6) is 0.0848. The number of para-hydroxylation sites is 1. The maximum atomic E-state index is 11.5. The normalized spacial score (nSPS) is 14.8. The van der Waals surface area contributed by atoms with Crippen LogP contribution in [0.4, 0.5) is 11.4 Å². The number of rotatable bonds is 2. The standard InChI is InChI=1S/C12H16N2O/c1-3-7-14-8-11(15)13-10-6-4-5-9(2)12(10)14/h4-6H,3,7-8H2,1-2H3,(H,13,15). The Balaban J connectivity index is 2.42. The van der Waals surface area contributed by atoms with Crippen LogP contribution < -0.4 is 10.2 Å². The van der Waals surface area contributed by atoms with Gasteiger partial charge >= 0.3 is 0 Å². The number of fused-ring (bicyclic) bond motifs is 1. The topological polar surface area (TPSA) is 32.3 Å². The van der Waals surface area contributed by atoms with Gasteiger partial charge in [-0.3, -0.25) is 4.79 Å². The van der Waals surface area contributed by atoms with Crippen molar-refractivity contribution >= 4 is 17.3 Å². The maximum Gasteiger partial charge on any atom is 0.243 e. The first-order valence-electron chi connectivity index (χ1n) is 5.36. The van der Waals surface area contributed by atoms with Crippen molar-refractivity contribution in [1.29, 1.82) is 0 Å². The summed E-state index contributed by atoms with van der Waals surface area (Å²) in [4.78, 5) is 13.6. The predicted molar refractivity (Wildman–Crippen MR) is 62.3 cm³/mol. The Hall–Kier alpha value is -1.51. The van der Waals surface area contributed by atoms with Crippen LogP contribution in [0.1, 0.15) is 18.9 Å².